The Morgan fingerprint density at radius 2 is 2.04 bits per heavy atom. The lowest BCUT2D eigenvalue weighted by molar-refractivity contribution is -0.129. The van der Waals surface area contributed by atoms with E-state index in [0.29, 0.717) is 13.1 Å². The number of carbonyl (C=O) groups excluding carboxylic acids is 1. The van der Waals surface area contributed by atoms with Gasteiger partial charge in [0.2, 0.25) is 5.91 Å². The van der Waals surface area contributed by atoms with E-state index in [9.17, 15) is 9.90 Å². The van der Waals surface area contributed by atoms with Crippen LogP contribution < -0.4 is 0 Å². The monoisotopic (exact) mass is 402 g/mol. The Balaban J connectivity index is 1.66. The van der Waals surface area contributed by atoms with Gasteiger partial charge in [0, 0.05) is 19.6 Å². The van der Waals surface area contributed by atoms with Crippen molar-refractivity contribution >= 4 is 29.0 Å². The molecule has 0 saturated carbocycles. The molecule has 0 spiro atoms. The Morgan fingerprint density at radius 3 is 2.70 bits per heavy atom. The molecule has 0 unspecified atom stereocenters. The smallest absolute Gasteiger partial charge is 0.233 e. The Labute approximate surface area is 166 Å². The molecule has 0 bridgehead atoms. The van der Waals surface area contributed by atoms with Crippen molar-refractivity contribution in [1.29, 1.82) is 0 Å². The quantitative estimate of drug-likeness (QED) is 0.557. The number of aromatic nitrogens is 3. The van der Waals surface area contributed by atoms with Gasteiger partial charge >= 0.3 is 0 Å². The van der Waals surface area contributed by atoms with Gasteiger partial charge in [0.05, 0.1) is 17.2 Å². The number of nitrogens with zero attached hydrogens (tertiary/aromatic N) is 4. The van der Waals surface area contributed by atoms with Gasteiger partial charge in [-0.05, 0) is 23.9 Å². The van der Waals surface area contributed by atoms with Crippen LogP contribution in [0.2, 0.25) is 0 Å². The van der Waals surface area contributed by atoms with Crippen LogP contribution in [0.3, 0.4) is 0 Å². The van der Waals surface area contributed by atoms with Crippen LogP contribution in [0.5, 0.6) is 0 Å². The number of amides is 1. The second kappa shape index (κ2) is 9.68. The number of aliphatic hydroxyl groups is 1. The minimum absolute atomic E-state index is 0.0266. The van der Waals surface area contributed by atoms with Crippen LogP contribution in [0.15, 0.2) is 53.0 Å². The Bertz CT molecular complexity index is 850. The molecule has 0 aliphatic heterocycles. The van der Waals surface area contributed by atoms with Gasteiger partial charge in [0.1, 0.15) is 0 Å². The molecule has 2 aromatic heterocycles. The average Bonchev–Trinajstić information content (AvgIpc) is 3.35. The third-order valence-corrected chi connectivity index (χ3v) is 5.86. The summed E-state index contributed by atoms with van der Waals surface area (Å²) in [5.41, 5.74) is 1.04. The van der Waals surface area contributed by atoms with Crippen molar-refractivity contribution in [2.24, 2.45) is 0 Å². The Morgan fingerprint density at radius 1 is 1.22 bits per heavy atom. The molecule has 0 saturated heterocycles. The minimum atomic E-state index is -0.0586. The topological polar surface area (TPSA) is 71.2 Å². The van der Waals surface area contributed by atoms with E-state index in [0.717, 1.165) is 28.0 Å². The van der Waals surface area contributed by atoms with Crippen molar-refractivity contribution in [1.82, 2.24) is 19.7 Å². The van der Waals surface area contributed by atoms with E-state index in [1.807, 2.05) is 59.3 Å². The van der Waals surface area contributed by atoms with Crippen molar-refractivity contribution in [3.8, 4) is 10.7 Å². The number of hydrogen-bond acceptors (Lipinski definition) is 6. The maximum absolute atomic E-state index is 12.7. The normalized spacial score (nSPS) is 10.9. The predicted octanol–water partition coefficient (Wildman–Crippen LogP) is 3.14. The zero-order chi connectivity index (χ0) is 19.1. The summed E-state index contributed by atoms with van der Waals surface area (Å²) in [5, 5.41) is 20.6. The van der Waals surface area contributed by atoms with E-state index < -0.39 is 0 Å². The summed E-state index contributed by atoms with van der Waals surface area (Å²) in [5.74, 6) is 1.07. The van der Waals surface area contributed by atoms with E-state index in [1.165, 1.54) is 11.8 Å². The SMILES string of the molecule is CCn1c(SCC(=O)N(CCO)Cc2ccccc2)nnc1-c1cccs1. The van der Waals surface area contributed by atoms with Gasteiger partial charge in [-0.3, -0.25) is 4.79 Å². The summed E-state index contributed by atoms with van der Waals surface area (Å²) in [7, 11) is 0. The highest BCUT2D eigenvalue weighted by molar-refractivity contribution is 7.99. The number of benzene rings is 1. The fourth-order valence-electron chi connectivity index (χ4n) is 2.70. The van der Waals surface area contributed by atoms with E-state index >= 15 is 0 Å². The molecule has 0 fully saturated rings. The van der Waals surface area contributed by atoms with E-state index in [4.69, 9.17) is 0 Å². The molecule has 8 heteroatoms. The molecule has 1 aromatic carbocycles. The molecule has 6 nitrogen and oxygen atoms in total. The molecule has 0 aliphatic carbocycles. The van der Waals surface area contributed by atoms with Crippen LogP contribution in [0.25, 0.3) is 10.7 Å². The van der Waals surface area contributed by atoms with Gasteiger partial charge in [-0.15, -0.1) is 21.5 Å². The second-order valence-corrected chi connectivity index (χ2v) is 7.73. The first kappa shape index (κ1) is 19.6. The summed E-state index contributed by atoms with van der Waals surface area (Å²) in [6.45, 7) is 3.52. The first-order valence-electron chi connectivity index (χ1n) is 8.75. The van der Waals surface area contributed by atoms with Crippen LogP contribution in [0, 0.1) is 0 Å². The molecule has 27 heavy (non-hydrogen) atoms. The van der Waals surface area contributed by atoms with Gasteiger partial charge in [-0.2, -0.15) is 0 Å². The highest BCUT2D eigenvalue weighted by Crippen LogP contribution is 2.27. The molecule has 3 aromatic rings. The maximum atomic E-state index is 12.7. The van der Waals surface area contributed by atoms with Crippen LogP contribution >= 0.6 is 23.1 Å². The first-order valence-corrected chi connectivity index (χ1v) is 10.6. The van der Waals surface area contributed by atoms with Crippen molar-refractivity contribution in [2.45, 2.75) is 25.2 Å². The van der Waals surface area contributed by atoms with E-state index in [1.54, 1.807) is 16.2 Å². The van der Waals surface area contributed by atoms with Gasteiger partial charge < -0.3 is 14.6 Å². The summed E-state index contributed by atoms with van der Waals surface area (Å²) in [6.07, 6.45) is 0. The number of carbonyl (C=O) groups is 1. The molecule has 142 valence electrons. The van der Waals surface area contributed by atoms with Crippen molar-refractivity contribution in [3.63, 3.8) is 0 Å². The standard InChI is InChI=1S/C19H22N4O2S2/c1-2-23-18(16-9-6-12-26-16)20-21-19(23)27-14-17(25)22(10-11-24)13-15-7-4-3-5-8-15/h3-9,12,24H,2,10-11,13-14H2,1H3. The molecule has 3 rings (SSSR count). The number of rotatable bonds is 9. The lowest BCUT2D eigenvalue weighted by Gasteiger charge is -2.21. The van der Waals surface area contributed by atoms with Gasteiger partial charge in [0.15, 0.2) is 11.0 Å². The number of thiophene rings is 1. The minimum Gasteiger partial charge on any atom is -0.395 e. The first-order chi connectivity index (χ1) is 13.2. The Kier molecular flexibility index (Phi) is 7.03. The summed E-state index contributed by atoms with van der Waals surface area (Å²) in [6, 6.07) is 13.8. The van der Waals surface area contributed by atoms with Crippen molar-refractivity contribution in [2.75, 3.05) is 18.9 Å². The average molecular weight is 403 g/mol. The van der Waals surface area contributed by atoms with Crippen LogP contribution in [-0.2, 0) is 17.9 Å². The fraction of sp³-hybridized carbons (Fsp3) is 0.316. The van der Waals surface area contributed by atoms with Gasteiger partial charge in [0.25, 0.3) is 0 Å². The van der Waals surface area contributed by atoms with Crippen LogP contribution in [0.1, 0.15) is 12.5 Å². The molecule has 1 N–H and O–H groups in total. The third kappa shape index (κ3) is 4.97. The lowest BCUT2D eigenvalue weighted by Crippen LogP contribution is -2.34. The molecule has 0 radical (unpaired) electrons. The van der Waals surface area contributed by atoms with E-state index in [2.05, 4.69) is 10.2 Å². The van der Waals surface area contributed by atoms with Gasteiger partial charge in [-0.1, -0.05) is 48.2 Å². The van der Waals surface area contributed by atoms with Crippen molar-refractivity contribution in [3.05, 3.63) is 53.4 Å². The fourth-order valence-corrected chi connectivity index (χ4v) is 4.33. The third-order valence-electron chi connectivity index (χ3n) is 4.04. The predicted molar refractivity (Wildman–Crippen MR) is 109 cm³/mol. The molecule has 0 atom stereocenters. The lowest BCUT2D eigenvalue weighted by atomic mass is 10.2. The summed E-state index contributed by atoms with van der Waals surface area (Å²) >= 11 is 3.00. The molecular formula is C19H22N4O2S2. The number of thioether (sulfide) groups is 1. The molecular weight excluding hydrogens is 380 g/mol. The maximum Gasteiger partial charge on any atom is 0.233 e. The van der Waals surface area contributed by atoms with E-state index in [-0.39, 0.29) is 18.3 Å². The molecule has 0 aliphatic rings. The van der Waals surface area contributed by atoms with Gasteiger partial charge in [-0.25, -0.2) is 0 Å². The summed E-state index contributed by atoms with van der Waals surface area (Å²) < 4.78 is 2.03. The Hall–Kier alpha value is -2.16. The number of aliphatic hydroxyl groups excluding tert-OH is 1. The summed E-state index contributed by atoms with van der Waals surface area (Å²) in [4.78, 5) is 15.4. The second-order valence-electron chi connectivity index (χ2n) is 5.84. The highest BCUT2D eigenvalue weighted by atomic mass is 32.2. The highest BCUT2D eigenvalue weighted by Gasteiger charge is 2.18. The molecule has 1 amide bonds. The zero-order valence-electron chi connectivity index (χ0n) is 15.1. The van der Waals surface area contributed by atoms with Crippen LogP contribution in [-0.4, -0.2) is 49.6 Å². The molecule has 2 heterocycles. The van der Waals surface area contributed by atoms with Crippen LogP contribution in [0.4, 0.5) is 0 Å². The zero-order valence-corrected chi connectivity index (χ0v) is 16.7. The largest absolute Gasteiger partial charge is 0.395 e. The number of hydrogen-bond donors (Lipinski definition) is 1. The van der Waals surface area contributed by atoms with Crippen molar-refractivity contribution < 1.29 is 9.90 Å².